The number of nitrogens with one attached hydrogen (secondary N) is 1. The van der Waals surface area contributed by atoms with Crippen molar-refractivity contribution in [2.45, 2.75) is 19.9 Å². The van der Waals surface area contributed by atoms with Gasteiger partial charge in [0.05, 0.1) is 19.0 Å². The molecule has 0 saturated heterocycles. The Labute approximate surface area is 116 Å². The summed E-state index contributed by atoms with van der Waals surface area (Å²) in [6.07, 6.45) is 0.389. The summed E-state index contributed by atoms with van der Waals surface area (Å²) in [5.74, 6) is -0.512. The van der Waals surface area contributed by atoms with Crippen LogP contribution in [0.1, 0.15) is 27.4 Å². The Morgan fingerprint density at radius 1 is 1.40 bits per heavy atom. The SMILES string of the molecule is Cc1cc(CNc2ccc(CC#N)cc2)oc1C(=O)O. The number of nitriles is 1. The van der Waals surface area contributed by atoms with Gasteiger partial charge in [-0.3, -0.25) is 0 Å². The fourth-order valence-electron chi connectivity index (χ4n) is 1.87. The average molecular weight is 270 g/mol. The van der Waals surface area contributed by atoms with Crippen molar-refractivity contribution >= 4 is 11.7 Å². The van der Waals surface area contributed by atoms with Gasteiger partial charge < -0.3 is 14.8 Å². The van der Waals surface area contributed by atoms with Gasteiger partial charge in [-0.2, -0.15) is 5.26 Å². The van der Waals surface area contributed by atoms with Crippen LogP contribution in [0.15, 0.2) is 34.7 Å². The standard InChI is InChI=1S/C15H14N2O3/c1-10-8-13(20-14(10)15(18)19)9-17-12-4-2-11(3-5-12)6-7-16/h2-5,8,17H,6,9H2,1H3,(H,18,19). The van der Waals surface area contributed by atoms with Crippen molar-refractivity contribution in [3.05, 3.63) is 53.0 Å². The highest BCUT2D eigenvalue weighted by Gasteiger charge is 2.13. The molecule has 1 heterocycles. The summed E-state index contributed by atoms with van der Waals surface area (Å²) in [6, 6.07) is 11.3. The number of anilines is 1. The highest BCUT2D eigenvalue weighted by molar-refractivity contribution is 5.86. The minimum atomic E-state index is -1.06. The van der Waals surface area contributed by atoms with E-state index in [0.717, 1.165) is 11.3 Å². The number of rotatable bonds is 5. The van der Waals surface area contributed by atoms with Crippen molar-refractivity contribution in [3.8, 4) is 6.07 Å². The Morgan fingerprint density at radius 3 is 2.65 bits per heavy atom. The number of furan rings is 1. The zero-order valence-electron chi connectivity index (χ0n) is 11.0. The number of benzene rings is 1. The molecule has 0 fully saturated rings. The van der Waals surface area contributed by atoms with Crippen LogP contribution in [0.3, 0.4) is 0 Å². The Bertz CT molecular complexity index is 651. The average Bonchev–Trinajstić information content (AvgIpc) is 2.80. The van der Waals surface area contributed by atoms with E-state index in [2.05, 4.69) is 11.4 Å². The van der Waals surface area contributed by atoms with Gasteiger partial charge in [0.15, 0.2) is 0 Å². The molecule has 0 saturated carbocycles. The molecule has 0 atom stereocenters. The van der Waals surface area contributed by atoms with E-state index in [1.165, 1.54) is 0 Å². The van der Waals surface area contributed by atoms with E-state index < -0.39 is 5.97 Å². The number of aromatic carboxylic acids is 1. The van der Waals surface area contributed by atoms with Crippen LogP contribution < -0.4 is 5.32 Å². The van der Waals surface area contributed by atoms with Crippen molar-refractivity contribution in [3.63, 3.8) is 0 Å². The van der Waals surface area contributed by atoms with E-state index in [9.17, 15) is 4.79 Å². The number of carbonyl (C=O) groups is 1. The first-order valence-electron chi connectivity index (χ1n) is 6.12. The predicted octanol–water partition coefficient (Wildman–Crippen LogP) is 2.96. The third-order valence-electron chi connectivity index (χ3n) is 2.87. The Hall–Kier alpha value is -2.74. The van der Waals surface area contributed by atoms with Crippen LogP contribution in [0.25, 0.3) is 0 Å². The smallest absolute Gasteiger partial charge is 0.372 e. The van der Waals surface area contributed by atoms with Crippen LogP contribution in [0.4, 0.5) is 5.69 Å². The molecule has 2 aromatic rings. The third kappa shape index (κ3) is 3.18. The number of aryl methyl sites for hydroxylation is 1. The van der Waals surface area contributed by atoms with Gasteiger partial charge in [-0.05, 0) is 30.7 Å². The molecular weight excluding hydrogens is 256 g/mol. The van der Waals surface area contributed by atoms with Crippen molar-refractivity contribution in [2.75, 3.05) is 5.32 Å². The van der Waals surface area contributed by atoms with Gasteiger partial charge in [0.2, 0.25) is 5.76 Å². The van der Waals surface area contributed by atoms with Gasteiger partial charge in [0, 0.05) is 11.3 Å². The molecule has 1 aromatic carbocycles. The van der Waals surface area contributed by atoms with E-state index in [1.54, 1.807) is 13.0 Å². The summed E-state index contributed by atoms with van der Waals surface area (Å²) < 4.78 is 5.25. The normalized spacial score (nSPS) is 10.0. The fourth-order valence-corrected chi connectivity index (χ4v) is 1.87. The van der Waals surface area contributed by atoms with Gasteiger partial charge in [-0.25, -0.2) is 4.79 Å². The van der Waals surface area contributed by atoms with E-state index in [0.29, 0.717) is 24.3 Å². The number of hydrogen-bond donors (Lipinski definition) is 2. The predicted molar refractivity (Wildman–Crippen MR) is 73.5 cm³/mol. The maximum atomic E-state index is 10.9. The Morgan fingerprint density at radius 2 is 2.10 bits per heavy atom. The molecular formula is C15H14N2O3. The van der Waals surface area contributed by atoms with Crippen LogP contribution in [0.2, 0.25) is 0 Å². The first-order valence-corrected chi connectivity index (χ1v) is 6.12. The van der Waals surface area contributed by atoms with Crippen molar-refractivity contribution in [1.82, 2.24) is 0 Å². The van der Waals surface area contributed by atoms with Crippen molar-refractivity contribution in [2.24, 2.45) is 0 Å². The molecule has 0 radical (unpaired) electrons. The number of nitrogens with zero attached hydrogens (tertiary/aromatic N) is 1. The summed E-state index contributed by atoms with van der Waals surface area (Å²) in [4.78, 5) is 10.9. The van der Waals surface area contributed by atoms with Gasteiger partial charge in [-0.15, -0.1) is 0 Å². The molecule has 2 N–H and O–H groups in total. The molecule has 0 bridgehead atoms. The molecule has 0 amide bonds. The topological polar surface area (TPSA) is 86.3 Å². The van der Waals surface area contributed by atoms with Crippen LogP contribution >= 0.6 is 0 Å². The lowest BCUT2D eigenvalue weighted by Gasteiger charge is -2.04. The van der Waals surface area contributed by atoms with Crippen molar-refractivity contribution < 1.29 is 14.3 Å². The molecule has 20 heavy (non-hydrogen) atoms. The fraction of sp³-hybridized carbons (Fsp3) is 0.200. The summed E-state index contributed by atoms with van der Waals surface area (Å²) in [5.41, 5.74) is 2.45. The minimum absolute atomic E-state index is 0.0221. The molecule has 0 spiro atoms. The van der Waals surface area contributed by atoms with E-state index in [-0.39, 0.29) is 5.76 Å². The zero-order chi connectivity index (χ0) is 14.5. The molecule has 0 aliphatic rings. The second-order valence-electron chi connectivity index (χ2n) is 4.42. The van der Waals surface area contributed by atoms with E-state index in [1.807, 2.05) is 24.3 Å². The van der Waals surface area contributed by atoms with Crippen LogP contribution in [0.5, 0.6) is 0 Å². The van der Waals surface area contributed by atoms with E-state index >= 15 is 0 Å². The molecule has 0 aliphatic heterocycles. The van der Waals surface area contributed by atoms with Crippen LogP contribution in [0, 0.1) is 18.3 Å². The maximum Gasteiger partial charge on any atom is 0.372 e. The summed E-state index contributed by atoms with van der Waals surface area (Å²) >= 11 is 0. The second-order valence-corrected chi connectivity index (χ2v) is 4.42. The molecule has 1 aromatic heterocycles. The minimum Gasteiger partial charge on any atom is -0.475 e. The molecule has 5 nitrogen and oxygen atoms in total. The van der Waals surface area contributed by atoms with Crippen molar-refractivity contribution in [1.29, 1.82) is 5.26 Å². The Balaban J connectivity index is 2.00. The number of hydrogen-bond acceptors (Lipinski definition) is 4. The third-order valence-corrected chi connectivity index (χ3v) is 2.87. The molecule has 0 aliphatic carbocycles. The molecule has 2 rings (SSSR count). The summed E-state index contributed by atoms with van der Waals surface area (Å²) in [6.45, 7) is 2.11. The summed E-state index contributed by atoms with van der Waals surface area (Å²) in [7, 11) is 0. The van der Waals surface area contributed by atoms with E-state index in [4.69, 9.17) is 14.8 Å². The van der Waals surface area contributed by atoms with Gasteiger partial charge in [0.1, 0.15) is 5.76 Å². The first kappa shape index (κ1) is 13.7. The van der Waals surface area contributed by atoms with Gasteiger partial charge >= 0.3 is 5.97 Å². The second kappa shape index (κ2) is 5.93. The number of carboxylic acids is 1. The van der Waals surface area contributed by atoms with Gasteiger partial charge in [0.25, 0.3) is 0 Å². The molecule has 0 unspecified atom stereocenters. The first-order chi connectivity index (χ1) is 9.60. The quantitative estimate of drug-likeness (QED) is 0.872. The number of carboxylic acid groups (broad SMARTS) is 1. The van der Waals surface area contributed by atoms with Gasteiger partial charge in [-0.1, -0.05) is 12.1 Å². The Kier molecular flexibility index (Phi) is 4.06. The zero-order valence-corrected chi connectivity index (χ0v) is 11.0. The molecule has 5 heteroatoms. The lowest BCUT2D eigenvalue weighted by atomic mass is 10.1. The summed E-state index contributed by atoms with van der Waals surface area (Å²) in [5, 5.41) is 20.6. The lowest BCUT2D eigenvalue weighted by Crippen LogP contribution is -1.98. The largest absolute Gasteiger partial charge is 0.475 e. The highest BCUT2D eigenvalue weighted by Crippen LogP contribution is 2.17. The van der Waals surface area contributed by atoms with Crippen LogP contribution in [-0.2, 0) is 13.0 Å². The maximum absolute atomic E-state index is 10.9. The van der Waals surface area contributed by atoms with Crippen LogP contribution in [-0.4, -0.2) is 11.1 Å². The molecule has 102 valence electrons. The highest BCUT2D eigenvalue weighted by atomic mass is 16.4. The monoisotopic (exact) mass is 270 g/mol. The lowest BCUT2D eigenvalue weighted by molar-refractivity contribution is 0.0659.